The maximum Gasteiger partial charge on any atom is -0.00201 e. The van der Waals surface area contributed by atoms with Crippen molar-refractivity contribution in [1.29, 1.82) is 0 Å². The minimum Gasteiger partial charge on any atom is -0.122 e. The largest absolute Gasteiger partial charge is 0.122 e. The van der Waals surface area contributed by atoms with Crippen LogP contribution in [0, 0.1) is 6.92 Å². The molecule has 5 aromatic carbocycles. The quantitative estimate of drug-likeness (QED) is 0.145. The number of aryl methyl sites for hydroxylation is 1. The van der Waals surface area contributed by atoms with Gasteiger partial charge in [-0.1, -0.05) is 116 Å². The monoisotopic (exact) mass is 440 g/mol. The van der Waals surface area contributed by atoms with Gasteiger partial charge in [-0.3, -0.25) is 0 Å². The molecule has 0 nitrogen and oxygen atoms in total. The molecular weight excluding hydrogens is 415 g/mol. The van der Waals surface area contributed by atoms with Crippen LogP contribution in [0.4, 0.5) is 0 Å². The van der Waals surface area contributed by atoms with Gasteiger partial charge in [0.1, 0.15) is 0 Å². The highest BCUT2D eigenvalue weighted by molar-refractivity contribution is 7.19. The van der Waals surface area contributed by atoms with E-state index in [1.54, 1.807) is 0 Å². The zero-order valence-electron chi connectivity index (χ0n) is 18.7. The van der Waals surface area contributed by atoms with Crippen LogP contribution in [0.5, 0.6) is 0 Å². The van der Waals surface area contributed by atoms with E-state index in [0.717, 1.165) is 0 Å². The van der Waals surface area contributed by atoms with E-state index in [0.29, 0.717) is 0 Å². The van der Waals surface area contributed by atoms with Crippen molar-refractivity contribution in [3.05, 3.63) is 138 Å². The lowest BCUT2D eigenvalue weighted by Gasteiger charge is -2.21. The van der Waals surface area contributed by atoms with Crippen LogP contribution >= 0.6 is 8.86 Å². The summed E-state index contributed by atoms with van der Waals surface area (Å²) in [4.78, 5) is 0. The second-order valence-electron chi connectivity index (χ2n) is 8.20. The van der Waals surface area contributed by atoms with Gasteiger partial charge in [-0.2, -0.15) is 0 Å². The van der Waals surface area contributed by atoms with Crippen molar-refractivity contribution in [2.75, 3.05) is 0 Å². The first-order valence-corrected chi connectivity index (χ1v) is 11.7. The summed E-state index contributed by atoms with van der Waals surface area (Å²) in [5, 5.41) is 4.99. The van der Waals surface area contributed by atoms with Gasteiger partial charge in [0, 0.05) is 0 Å². The fourth-order valence-electron chi connectivity index (χ4n) is 4.87. The zero-order valence-corrected chi connectivity index (χ0v) is 19.7. The summed E-state index contributed by atoms with van der Waals surface area (Å²) in [6, 6.07) is 34.7. The molecule has 1 heteroatoms. The average Bonchev–Trinajstić information content (AvgIpc) is 2.86. The van der Waals surface area contributed by atoms with Crippen molar-refractivity contribution in [2.45, 2.75) is 6.92 Å². The van der Waals surface area contributed by atoms with Crippen LogP contribution in [0.3, 0.4) is 0 Å². The van der Waals surface area contributed by atoms with E-state index in [1.807, 2.05) is 11.9 Å². The number of benzene rings is 5. The van der Waals surface area contributed by atoms with Gasteiger partial charge in [0.2, 0.25) is 0 Å². The van der Waals surface area contributed by atoms with Crippen LogP contribution in [-0.2, 0) is 0 Å². The molecule has 158 valence electrons. The van der Waals surface area contributed by atoms with E-state index in [2.05, 4.69) is 126 Å². The topological polar surface area (TPSA) is 0 Å². The van der Waals surface area contributed by atoms with Crippen molar-refractivity contribution in [2.24, 2.45) is 0 Å². The Kier molecular flexibility index (Phi) is 5.78. The third kappa shape index (κ3) is 3.63. The summed E-state index contributed by atoms with van der Waals surface area (Å²) in [5.41, 5.74) is 8.52. The molecule has 5 aromatic rings. The van der Waals surface area contributed by atoms with Crippen LogP contribution in [-0.4, -0.2) is 5.80 Å². The molecule has 0 heterocycles. The normalized spacial score (nSPS) is 11.6. The van der Waals surface area contributed by atoms with Crippen LogP contribution < -0.4 is 0 Å². The molecule has 0 atom stereocenters. The number of fused-ring (bicyclic) bond motifs is 2. The SMILES string of the molecule is C=C/C=C(\c1cccc(C)c1C=P)c1c2ccccc2c(-c2ccccc2)c2ccccc12. The Bertz CT molecular complexity index is 1480. The molecule has 0 fully saturated rings. The Morgan fingerprint density at radius 2 is 1.27 bits per heavy atom. The van der Waals surface area contributed by atoms with Gasteiger partial charge in [0.15, 0.2) is 0 Å². The predicted octanol–water partition coefficient (Wildman–Crippen LogP) is 8.88. The molecule has 0 unspecified atom stereocenters. The maximum atomic E-state index is 4.06. The highest BCUT2D eigenvalue weighted by Crippen LogP contribution is 2.43. The molecule has 0 saturated heterocycles. The third-order valence-corrected chi connectivity index (χ3v) is 6.60. The number of rotatable bonds is 5. The Morgan fingerprint density at radius 1 is 0.697 bits per heavy atom. The molecular formula is C32H25P. The molecule has 0 N–H and O–H groups in total. The molecule has 5 rings (SSSR count). The molecule has 0 aliphatic heterocycles. The van der Waals surface area contributed by atoms with Crippen LogP contribution in [0.15, 0.2) is 116 Å². The summed E-state index contributed by atoms with van der Waals surface area (Å²) in [6.07, 6.45) is 4.04. The first-order valence-electron chi connectivity index (χ1n) is 11.2. The van der Waals surface area contributed by atoms with Gasteiger partial charge in [-0.05, 0) is 73.2 Å². The van der Waals surface area contributed by atoms with Crippen molar-refractivity contribution in [1.82, 2.24) is 0 Å². The van der Waals surface area contributed by atoms with Gasteiger partial charge in [-0.25, -0.2) is 0 Å². The molecule has 0 aromatic heterocycles. The van der Waals surface area contributed by atoms with E-state index >= 15 is 0 Å². The number of hydrogen-bond donors (Lipinski definition) is 0. The maximum absolute atomic E-state index is 4.06. The lowest BCUT2D eigenvalue weighted by Crippen LogP contribution is -1.99. The fraction of sp³-hybridized carbons (Fsp3) is 0.0312. The van der Waals surface area contributed by atoms with Crippen molar-refractivity contribution in [3.63, 3.8) is 0 Å². The zero-order chi connectivity index (χ0) is 22.8. The van der Waals surface area contributed by atoms with E-state index in [4.69, 9.17) is 0 Å². The lowest BCUT2D eigenvalue weighted by molar-refractivity contribution is 1.43. The van der Waals surface area contributed by atoms with Crippen LogP contribution in [0.25, 0.3) is 38.2 Å². The van der Waals surface area contributed by atoms with Gasteiger partial charge in [0.25, 0.3) is 0 Å². The Morgan fingerprint density at radius 3 is 1.85 bits per heavy atom. The van der Waals surface area contributed by atoms with Crippen molar-refractivity contribution < 1.29 is 0 Å². The van der Waals surface area contributed by atoms with Crippen LogP contribution in [0.1, 0.15) is 22.3 Å². The van der Waals surface area contributed by atoms with E-state index in [1.165, 1.54) is 60.5 Å². The van der Waals surface area contributed by atoms with E-state index < -0.39 is 0 Å². The molecule has 33 heavy (non-hydrogen) atoms. The molecule has 0 amide bonds. The van der Waals surface area contributed by atoms with Crippen molar-refractivity contribution in [3.8, 4) is 11.1 Å². The summed E-state index contributed by atoms with van der Waals surface area (Å²) >= 11 is 0. The van der Waals surface area contributed by atoms with Crippen molar-refractivity contribution >= 4 is 41.8 Å². The van der Waals surface area contributed by atoms with Gasteiger partial charge < -0.3 is 0 Å². The lowest BCUT2D eigenvalue weighted by atomic mass is 9.82. The smallest absolute Gasteiger partial charge is 0.00201 e. The minimum atomic E-state index is 1.17. The number of allylic oxidation sites excluding steroid dienone is 2. The minimum absolute atomic E-state index is 1.17. The molecule has 0 aliphatic rings. The molecule has 0 spiro atoms. The number of hydrogen-bond acceptors (Lipinski definition) is 0. The van der Waals surface area contributed by atoms with Gasteiger partial charge in [0.05, 0.1) is 0 Å². The van der Waals surface area contributed by atoms with E-state index in [-0.39, 0.29) is 0 Å². The van der Waals surface area contributed by atoms with Gasteiger partial charge >= 0.3 is 0 Å². The standard InChI is InChI=1S/C32H25P/c1-3-12-25(24-20-11-13-22(2)30(24)21-33)32-28-18-9-7-16-26(28)31(23-14-5-4-6-15-23)27-17-8-10-19-29(27)32/h3-21,33H,1H2,2H3/b25-12+. The highest BCUT2D eigenvalue weighted by atomic mass is 31.0. The molecule has 0 bridgehead atoms. The Labute approximate surface area is 197 Å². The Balaban J connectivity index is 1.98. The van der Waals surface area contributed by atoms with E-state index in [9.17, 15) is 0 Å². The third-order valence-electron chi connectivity index (χ3n) is 6.31. The second kappa shape index (κ2) is 9.02. The molecule has 0 radical (unpaired) electrons. The summed E-state index contributed by atoms with van der Waals surface area (Å²) in [7, 11) is 3.67. The van der Waals surface area contributed by atoms with Crippen LogP contribution in [0.2, 0.25) is 0 Å². The summed E-state index contributed by atoms with van der Waals surface area (Å²) in [6.45, 7) is 6.20. The highest BCUT2D eigenvalue weighted by Gasteiger charge is 2.19. The Hall–Kier alpha value is -3.73. The molecule has 0 aliphatic carbocycles. The summed E-state index contributed by atoms with van der Waals surface area (Å²) in [5.74, 6) is 2.02. The average molecular weight is 441 g/mol. The molecule has 0 saturated carbocycles. The van der Waals surface area contributed by atoms with Gasteiger partial charge in [-0.15, -0.1) is 8.86 Å². The second-order valence-corrected chi connectivity index (χ2v) is 8.49. The first kappa shape index (κ1) is 21.1. The fourth-order valence-corrected chi connectivity index (χ4v) is 5.25. The first-order chi connectivity index (χ1) is 16.2. The summed E-state index contributed by atoms with van der Waals surface area (Å²) < 4.78 is 0. The predicted molar refractivity (Wildman–Crippen MR) is 149 cm³/mol.